The average Bonchev–Trinajstić information content (AvgIpc) is 3.06. The van der Waals surface area contributed by atoms with Crippen molar-refractivity contribution < 1.29 is 27.4 Å². The number of piperidine rings is 1. The molecule has 2 aliphatic rings. The van der Waals surface area contributed by atoms with Crippen LogP contribution in [0.25, 0.3) is 22.0 Å². The third kappa shape index (κ3) is 8.19. The Hall–Kier alpha value is -4.26. The van der Waals surface area contributed by atoms with Gasteiger partial charge in [0.1, 0.15) is 12.4 Å². The van der Waals surface area contributed by atoms with E-state index in [9.17, 15) is 18.0 Å². The molecule has 3 heterocycles. The van der Waals surface area contributed by atoms with E-state index in [-0.39, 0.29) is 18.0 Å². The third-order valence-electron chi connectivity index (χ3n) is 8.77. The van der Waals surface area contributed by atoms with Gasteiger partial charge in [0.25, 0.3) is 5.91 Å². The molecule has 12 heteroatoms. The third-order valence-corrected chi connectivity index (χ3v) is 8.77. The molecule has 2 N–H and O–H groups in total. The topological polar surface area (TPSA) is 91.8 Å². The lowest BCUT2D eigenvalue weighted by molar-refractivity contribution is -0.137. The number of hydrogen-bond donors (Lipinski definition) is 2. The number of fused-ring (bicyclic) bond motifs is 1. The van der Waals surface area contributed by atoms with Gasteiger partial charge in [0.15, 0.2) is 0 Å². The molecule has 1 aromatic heterocycles. The number of carbonyl (C=O) groups excluding carboxylic acids is 1. The van der Waals surface area contributed by atoms with Crippen molar-refractivity contribution in [3.63, 3.8) is 0 Å². The number of ether oxygens (including phenoxy) is 2. The fourth-order valence-electron chi connectivity index (χ4n) is 5.91. The SMILES string of the molecule is Cc1ccc(C(=O)Nc2cc(C(F)(F)F)ccc2OCCN2CCOCC2)cc1-c1ccc2nc(NC3CCN(C)CC3)ncc2c1. The standard InChI is InChI=1S/C35H39F3N6O3/c1-23-3-4-25(20-29(23)24-5-7-30-26(19-24)22-39-34(42-30)40-28-9-11-43(2)12-10-28)33(45)41-31-21-27(35(36,37)38)6-8-32(31)47-18-15-44-13-16-46-17-14-44/h3-8,19-22,28H,9-18H2,1-2H3,(H,41,45)(H,39,40,42). The molecular weight excluding hydrogens is 609 g/mol. The molecule has 47 heavy (non-hydrogen) atoms. The Kier molecular flexibility index (Phi) is 9.90. The number of nitrogens with zero attached hydrogens (tertiary/aromatic N) is 4. The second-order valence-corrected chi connectivity index (χ2v) is 12.2. The van der Waals surface area contributed by atoms with E-state index in [2.05, 4.69) is 32.5 Å². The van der Waals surface area contributed by atoms with E-state index in [0.717, 1.165) is 78.7 Å². The largest absolute Gasteiger partial charge is 0.490 e. The molecule has 3 aromatic carbocycles. The van der Waals surface area contributed by atoms with Crippen LogP contribution in [0, 0.1) is 6.92 Å². The maximum atomic E-state index is 13.6. The van der Waals surface area contributed by atoms with Gasteiger partial charge in [0.05, 0.1) is 30.0 Å². The quantitative estimate of drug-likeness (QED) is 0.225. The molecule has 0 spiro atoms. The summed E-state index contributed by atoms with van der Waals surface area (Å²) in [5, 5.41) is 6.98. The molecule has 4 aromatic rings. The summed E-state index contributed by atoms with van der Waals surface area (Å²) in [6.07, 6.45) is -0.705. The van der Waals surface area contributed by atoms with E-state index in [4.69, 9.17) is 14.5 Å². The van der Waals surface area contributed by atoms with Gasteiger partial charge < -0.3 is 25.0 Å². The molecule has 0 radical (unpaired) electrons. The summed E-state index contributed by atoms with van der Waals surface area (Å²) in [4.78, 5) is 27.2. The summed E-state index contributed by atoms with van der Waals surface area (Å²) in [5.41, 5.74) is 2.82. The Bertz CT molecular complexity index is 1720. The number of morpholine rings is 1. The summed E-state index contributed by atoms with van der Waals surface area (Å²) in [6.45, 7) is 7.64. The van der Waals surface area contributed by atoms with Crippen LogP contribution in [0.1, 0.15) is 34.3 Å². The molecule has 2 saturated heterocycles. The van der Waals surface area contributed by atoms with Crippen LogP contribution in [0.4, 0.5) is 24.8 Å². The number of nitrogens with one attached hydrogen (secondary N) is 2. The first kappa shape index (κ1) is 32.7. The van der Waals surface area contributed by atoms with Crippen LogP contribution in [-0.2, 0) is 10.9 Å². The number of carbonyl (C=O) groups is 1. The van der Waals surface area contributed by atoms with Gasteiger partial charge in [-0.05, 0) is 99.1 Å². The summed E-state index contributed by atoms with van der Waals surface area (Å²) >= 11 is 0. The van der Waals surface area contributed by atoms with E-state index in [1.165, 1.54) is 6.07 Å². The van der Waals surface area contributed by atoms with Crippen LogP contribution in [0.15, 0.2) is 60.8 Å². The lowest BCUT2D eigenvalue weighted by atomic mass is 9.97. The Morgan fingerprint density at radius 3 is 2.57 bits per heavy atom. The molecule has 6 rings (SSSR count). The number of aryl methyl sites for hydroxylation is 1. The molecule has 2 fully saturated rings. The second-order valence-electron chi connectivity index (χ2n) is 12.2. The fourth-order valence-corrected chi connectivity index (χ4v) is 5.91. The molecule has 2 aliphatic heterocycles. The van der Waals surface area contributed by atoms with Crippen LogP contribution < -0.4 is 15.4 Å². The molecule has 248 valence electrons. The summed E-state index contributed by atoms with van der Waals surface area (Å²) in [6, 6.07) is 14.6. The van der Waals surface area contributed by atoms with E-state index >= 15 is 0 Å². The van der Waals surface area contributed by atoms with E-state index in [0.29, 0.717) is 37.3 Å². The highest BCUT2D eigenvalue weighted by atomic mass is 19.4. The number of anilines is 2. The van der Waals surface area contributed by atoms with Gasteiger partial charge in [-0.1, -0.05) is 12.1 Å². The van der Waals surface area contributed by atoms with Crippen molar-refractivity contribution in [2.24, 2.45) is 0 Å². The number of alkyl halides is 3. The number of likely N-dealkylation sites (tertiary alicyclic amines) is 1. The first-order chi connectivity index (χ1) is 22.6. The van der Waals surface area contributed by atoms with E-state index in [1.807, 2.05) is 31.2 Å². The highest BCUT2D eigenvalue weighted by molar-refractivity contribution is 6.06. The first-order valence-corrected chi connectivity index (χ1v) is 15.9. The number of halogens is 3. The van der Waals surface area contributed by atoms with Crippen molar-refractivity contribution in [1.29, 1.82) is 0 Å². The zero-order chi connectivity index (χ0) is 33.0. The molecule has 0 bridgehead atoms. The fraction of sp³-hybridized carbons (Fsp3) is 0.400. The molecular formula is C35H39F3N6O3. The summed E-state index contributed by atoms with van der Waals surface area (Å²) < 4.78 is 52.0. The lowest BCUT2D eigenvalue weighted by Gasteiger charge is -2.29. The molecule has 0 atom stereocenters. The minimum Gasteiger partial charge on any atom is -0.490 e. The van der Waals surface area contributed by atoms with Crippen molar-refractivity contribution in [2.75, 3.05) is 70.2 Å². The van der Waals surface area contributed by atoms with E-state index in [1.54, 1.807) is 18.3 Å². The van der Waals surface area contributed by atoms with Crippen molar-refractivity contribution >= 4 is 28.4 Å². The first-order valence-electron chi connectivity index (χ1n) is 15.9. The van der Waals surface area contributed by atoms with Gasteiger partial charge in [0, 0.05) is 42.8 Å². The Labute approximate surface area is 272 Å². The number of hydrogen-bond acceptors (Lipinski definition) is 8. The van der Waals surface area contributed by atoms with Crippen LogP contribution in [0.3, 0.4) is 0 Å². The predicted molar refractivity (Wildman–Crippen MR) is 176 cm³/mol. The lowest BCUT2D eigenvalue weighted by Crippen LogP contribution is -2.38. The van der Waals surface area contributed by atoms with Crippen LogP contribution in [-0.4, -0.2) is 91.3 Å². The molecule has 0 aliphatic carbocycles. The van der Waals surface area contributed by atoms with Crippen LogP contribution >= 0.6 is 0 Å². The summed E-state index contributed by atoms with van der Waals surface area (Å²) in [7, 11) is 2.13. The van der Waals surface area contributed by atoms with Gasteiger partial charge >= 0.3 is 6.18 Å². The Morgan fingerprint density at radius 1 is 1.02 bits per heavy atom. The normalized spacial score (nSPS) is 16.7. The van der Waals surface area contributed by atoms with Crippen molar-refractivity contribution in [1.82, 2.24) is 19.8 Å². The summed E-state index contributed by atoms with van der Waals surface area (Å²) in [5.74, 6) is 0.234. The van der Waals surface area contributed by atoms with Crippen molar-refractivity contribution in [2.45, 2.75) is 32.0 Å². The van der Waals surface area contributed by atoms with Gasteiger partial charge in [0.2, 0.25) is 5.95 Å². The zero-order valence-corrected chi connectivity index (χ0v) is 26.6. The number of rotatable bonds is 9. The van der Waals surface area contributed by atoms with Gasteiger partial charge in [-0.2, -0.15) is 13.2 Å². The second kappa shape index (κ2) is 14.2. The molecule has 0 unspecified atom stereocenters. The van der Waals surface area contributed by atoms with Crippen molar-refractivity contribution in [3.8, 4) is 16.9 Å². The minimum atomic E-state index is -4.58. The number of amides is 1. The van der Waals surface area contributed by atoms with Gasteiger partial charge in [-0.3, -0.25) is 9.69 Å². The highest BCUT2D eigenvalue weighted by Crippen LogP contribution is 2.36. The van der Waals surface area contributed by atoms with Crippen LogP contribution in [0.5, 0.6) is 5.75 Å². The number of benzene rings is 3. The number of aromatic nitrogens is 2. The predicted octanol–water partition coefficient (Wildman–Crippen LogP) is 6.09. The van der Waals surface area contributed by atoms with Gasteiger partial charge in [-0.15, -0.1) is 0 Å². The highest BCUT2D eigenvalue weighted by Gasteiger charge is 2.31. The molecule has 0 saturated carbocycles. The monoisotopic (exact) mass is 648 g/mol. The zero-order valence-electron chi connectivity index (χ0n) is 26.6. The maximum Gasteiger partial charge on any atom is 0.416 e. The maximum absolute atomic E-state index is 13.6. The average molecular weight is 649 g/mol. The van der Waals surface area contributed by atoms with Crippen molar-refractivity contribution in [3.05, 3.63) is 77.5 Å². The Balaban J connectivity index is 1.19. The van der Waals surface area contributed by atoms with E-state index < -0.39 is 17.6 Å². The smallest absolute Gasteiger partial charge is 0.416 e. The van der Waals surface area contributed by atoms with Gasteiger partial charge in [-0.25, -0.2) is 9.97 Å². The van der Waals surface area contributed by atoms with Crippen LogP contribution in [0.2, 0.25) is 0 Å². The Morgan fingerprint density at radius 2 is 1.81 bits per heavy atom. The molecule has 1 amide bonds. The molecule has 9 nitrogen and oxygen atoms in total. The minimum absolute atomic E-state index is 0.0403.